The van der Waals surface area contributed by atoms with Gasteiger partial charge in [0.2, 0.25) is 5.91 Å². The van der Waals surface area contributed by atoms with Gasteiger partial charge in [0.15, 0.2) is 5.43 Å². The van der Waals surface area contributed by atoms with E-state index in [0.29, 0.717) is 17.4 Å². The second-order valence-electron chi connectivity index (χ2n) is 6.23. The molecule has 0 aliphatic rings. The number of pyridine rings is 1. The van der Waals surface area contributed by atoms with Crippen molar-refractivity contribution in [2.45, 2.75) is 26.3 Å². The number of aromatic amines is 1. The molecule has 0 bridgehead atoms. The van der Waals surface area contributed by atoms with E-state index in [1.807, 2.05) is 19.9 Å². The van der Waals surface area contributed by atoms with Gasteiger partial charge in [-0.3, -0.25) is 14.4 Å². The molecule has 140 valence electrons. The molecule has 0 radical (unpaired) electrons. The van der Waals surface area contributed by atoms with E-state index in [-0.39, 0.29) is 35.4 Å². The van der Waals surface area contributed by atoms with Crippen LogP contribution in [0.25, 0.3) is 0 Å². The molecule has 0 fully saturated rings. The number of likely N-dealkylation sites (N-methyl/N-ethyl adjacent to an activating group) is 1. The summed E-state index contributed by atoms with van der Waals surface area (Å²) < 4.78 is 0.656. The molecule has 0 unspecified atom stereocenters. The number of thiophene rings is 1. The van der Waals surface area contributed by atoms with Crippen LogP contribution in [0.15, 0.2) is 35.3 Å². The molecule has 0 aliphatic carbocycles. The third kappa shape index (κ3) is 5.44. The fourth-order valence-corrected chi connectivity index (χ4v) is 3.51. The third-order valence-corrected chi connectivity index (χ3v) is 5.18. The Morgan fingerprint density at radius 3 is 2.54 bits per heavy atom. The van der Waals surface area contributed by atoms with E-state index in [2.05, 4.69) is 4.98 Å². The minimum Gasteiger partial charge on any atom is -0.357 e. The summed E-state index contributed by atoms with van der Waals surface area (Å²) >= 11 is 7.28. The van der Waals surface area contributed by atoms with Gasteiger partial charge in [-0.15, -0.1) is 11.3 Å². The maximum Gasteiger partial charge on any atom is 0.270 e. The Hall–Kier alpha value is -2.12. The number of H-pyrrole nitrogens is 1. The van der Waals surface area contributed by atoms with Gasteiger partial charge in [0.05, 0.1) is 10.8 Å². The highest BCUT2D eigenvalue weighted by atomic mass is 35.5. The summed E-state index contributed by atoms with van der Waals surface area (Å²) in [6, 6.07) is 6.20. The topological polar surface area (TPSA) is 73.5 Å². The summed E-state index contributed by atoms with van der Waals surface area (Å²) in [5, 5.41) is 0. The molecule has 0 saturated heterocycles. The normalized spacial score (nSPS) is 10.8. The number of nitrogens with one attached hydrogen (secondary N) is 1. The molecule has 0 saturated carbocycles. The SMILES string of the molecule is CC(C)N(CCN(C)C(=O)Cc1ccc(Cl)s1)C(=O)c1cc(=O)cc[nH]1. The van der Waals surface area contributed by atoms with E-state index >= 15 is 0 Å². The Morgan fingerprint density at radius 1 is 1.23 bits per heavy atom. The summed E-state index contributed by atoms with van der Waals surface area (Å²) in [5.41, 5.74) is 0.0196. The van der Waals surface area contributed by atoms with Crippen molar-refractivity contribution >= 4 is 34.8 Å². The summed E-state index contributed by atoms with van der Waals surface area (Å²) in [5.74, 6) is -0.295. The number of carbonyl (C=O) groups is 2. The van der Waals surface area contributed by atoms with Crippen LogP contribution >= 0.6 is 22.9 Å². The van der Waals surface area contributed by atoms with Crippen LogP contribution in [-0.2, 0) is 11.2 Å². The highest BCUT2D eigenvalue weighted by Crippen LogP contribution is 2.22. The van der Waals surface area contributed by atoms with Gasteiger partial charge in [0, 0.05) is 49.4 Å². The van der Waals surface area contributed by atoms with Crippen molar-refractivity contribution in [2.75, 3.05) is 20.1 Å². The average Bonchev–Trinajstić information content (AvgIpc) is 2.99. The van der Waals surface area contributed by atoms with Crippen molar-refractivity contribution < 1.29 is 9.59 Å². The van der Waals surface area contributed by atoms with Crippen LogP contribution in [0.4, 0.5) is 0 Å². The van der Waals surface area contributed by atoms with Gasteiger partial charge in [0.1, 0.15) is 5.69 Å². The number of nitrogens with zero attached hydrogens (tertiary/aromatic N) is 2. The molecule has 0 aliphatic heterocycles. The third-order valence-electron chi connectivity index (χ3n) is 3.94. The first-order valence-corrected chi connectivity index (χ1v) is 9.45. The number of hydrogen-bond donors (Lipinski definition) is 1. The van der Waals surface area contributed by atoms with Gasteiger partial charge in [-0.25, -0.2) is 0 Å². The molecular formula is C18H22ClN3O3S. The molecule has 8 heteroatoms. The van der Waals surface area contributed by atoms with Gasteiger partial charge < -0.3 is 14.8 Å². The van der Waals surface area contributed by atoms with Crippen LogP contribution in [0.5, 0.6) is 0 Å². The first kappa shape index (κ1) is 20.2. The fourth-order valence-electron chi connectivity index (χ4n) is 2.43. The zero-order valence-electron chi connectivity index (χ0n) is 15.0. The van der Waals surface area contributed by atoms with Crippen molar-refractivity contribution in [3.8, 4) is 0 Å². The van der Waals surface area contributed by atoms with Crippen LogP contribution in [0.3, 0.4) is 0 Å². The maximum atomic E-state index is 12.7. The van der Waals surface area contributed by atoms with Gasteiger partial charge >= 0.3 is 0 Å². The summed E-state index contributed by atoms with van der Waals surface area (Å²) in [6.07, 6.45) is 1.74. The van der Waals surface area contributed by atoms with Crippen LogP contribution < -0.4 is 5.43 Å². The molecule has 1 N–H and O–H groups in total. The van der Waals surface area contributed by atoms with Crippen LogP contribution in [0.1, 0.15) is 29.2 Å². The predicted molar refractivity (Wildman–Crippen MR) is 104 cm³/mol. The molecule has 0 aromatic carbocycles. The Kier molecular flexibility index (Phi) is 6.99. The summed E-state index contributed by atoms with van der Waals surface area (Å²) in [7, 11) is 1.71. The molecule has 0 spiro atoms. The van der Waals surface area contributed by atoms with Gasteiger partial charge in [-0.05, 0) is 26.0 Å². The average molecular weight is 396 g/mol. The molecule has 6 nitrogen and oxygen atoms in total. The smallest absolute Gasteiger partial charge is 0.270 e. The lowest BCUT2D eigenvalue weighted by Gasteiger charge is -2.29. The van der Waals surface area contributed by atoms with Gasteiger partial charge in [0.25, 0.3) is 5.91 Å². The number of amides is 2. The molecule has 2 aromatic rings. The zero-order chi connectivity index (χ0) is 19.3. The highest BCUT2D eigenvalue weighted by molar-refractivity contribution is 7.16. The number of hydrogen-bond acceptors (Lipinski definition) is 4. The lowest BCUT2D eigenvalue weighted by molar-refractivity contribution is -0.129. The van der Waals surface area contributed by atoms with E-state index in [1.165, 1.54) is 29.7 Å². The van der Waals surface area contributed by atoms with E-state index in [1.54, 1.807) is 22.9 Å². The molecule has 2 heterocycles. The Balaban J connectivity index is 1.98. The van der Waals surface area contributed by atoms with Crippen LogP contribution in [0.2, 0.25) is 4.34 Å². The Labute approximate surface area is 161 Å². The second kappa shape index (κ2) is 9.00. The van der Waals surface area contributed by atoms with Crippen molar-refractivity contribution in [3.05, 3.63) is 55.6 Å². The minimum atomic E-state index is -0.261. The van der Waals surface area contributed by atoms with Gasteiger partial charge in [-0.1, -0.05) is 11.6 Å². The van der Waals surface area contributed by atoms with Crippen LogP contribution in [0, 0.1) is 0 Å². The largest absolute Gasteiger partial charge is 0.357 e. The first-order valence-electron chi connectivity index (χ1n) is 8.26. The number of aromatic nitrogens is 1. The quantitative estimate of drug-likeness (QED) is 0.783. The van der Waals surface area contributed by atoms with E-state index in [4.69, 9.17) is 11.6 Å². The van der Waals surface area contributed by atoms with Gasteiger partial charge in [-0.2, -0.15) is 0 Å². The number of halogens is 1. The van der Waals surface area contributed by atoms with E-state index < -0.39 is 0 Å². The first-order chi connectivity index (χ1) is 12.3. The molecule has 2 amide bonds. The Bertz CT molecular complexity index is 831. The monoisotopic (exact) mass is 395 g/mol. The van der Waals surface area contributed by atoms with Crippen molar-refractivity contribution in [3.63, 3.8) is 0 Å². The Morgan fingerprint density at radius 2 is 1.96 bits per heavy atom. The van der Waals surface area contributed by atoms with E-state index in [0.717, 1.165) is 4.88 Å². The molecule has 26 heavy (non-hydrogen) atoms. The fraction of sp³-hybridized carbons (Fsp3) is 0.389. The molecular weight excluding hydrogens is 374 g/mol. The van der Waals surface area contributed by atoms with E-state index in [9.17, 15) is 14.4 Å². The van der Waals surface area contributed by atoms with Crippen LogP contribution in [-0.4, -0.2) is 52.8 Å². The zero-order valence-corrected chi connectivity index (χ0v) is 16.6. The highest BCUT2D eigenvalue weighted by Gasteiger charge is 2.21. The lowest BCUT2D eigenvalue weighted by atomic mass is 10.2. The number of carbonyl (C=O) groups excluding carboxylic acids is 2. The summed E-state index contributed by atoms with van der Waals surface area (Å²) in [6.45, 7) is 4.57. The predicted octanol–water partition coefficient (Wildman–Crippen LogP) is 2.64. The standard InChI is InChI=1S/C18H22ClN3O3S/c1-12(2)22(18(25)15-10-13(23)6-7-20-15)9-8-21(3)17(24)11-14-4-5-16(19)26-14/h4-7,10,12H,8-9,11H2,1-3H3,(H,20,23). The number of rotatable bonds is 7. The minimum absolute atomic E-state index is 0.0345. The molecule has 2 rings (SSSR count). The molecule has 2 aromatic heterocycles. The lowest BCUT2D eigenvalue weighted by Crippen LogP contribution is -2.43. The van der Waals surface area contributed by atoms with Crippen molar-refractivity contribution in [1.82, 2.24) is 14.8 Å². The second-order valence-corrected chi connectivity index (χ2v) is 8.03. The van der Waals surface area contributed by atoms with Crippen molar-refractivity contribution in [2.24, 2.45) is 0 Å². The van der Waals surface area contributed by atoms with Crippen molar-refractivity contribution in [1.29, 1.82) is 0 Å². The maximum absolute atomic E-state index is 12.7. The summed E-state index contributed by atoms with van der Waals surface area (Å²) in [4.78, 5) is 43.4. The molecule has 0 atom stereocenters.